The Bertz CT molecular complexity index is 1140. The number of amides is 2. The molecule has 4 rings (SSSR count). The number of methoxy groups -OCH3 is 1. The lowest BCUT2D eigenvalue weighted by molar-refractivity contribution is -0.143. The van der Waals surface area contributed by atoms with Crippen LogP contribution in [-0.2, 0) is 24.7 Å². The van der Waals surface area contributed by atoms with Crippen molar-refractivity contribution in [1.29, 1.82) is 0 Å². The van der Waals surface area contributed by atoms with Gasteiger partial charge in [0, 0.05) is 37.9 Å². The molecule has 172 valence electrons. The maximum Gasteiger partial charge on any atom is 0.296 e. The maximum atomic E-state index is 14.1. The zero-order valence-electron chi connectivity index (χ0n) is 18.5. The molecule has 2 aromatic rings. The summed E-state index contributed by atoms with van der Waals surface area (Å²) in [6.45, 7) is 2.72. The highest BCUT2D eigenvalue weighted by Crippen LogP contribution is 2.53. The van der Waals surface area contributed by atoms with Crippen molar-refractivity contribution in [3.8, 4) is 0 Å². The van der Waals surface area contributed by atoms with E-state index >= 15 is 0 Å². The second kappa shape index (κ2) is 8.78. The van der Waals surface area contributed by atoms with E-state index in [0.717, 1.165) is 12.1 Å². The maximum absolute atomic E-state index is 14.1. The molecular weight excluding hydrogens is 427 g/mol. The van der Waals surface area contributed by atoms with Crippen LogP contribution < -0.4 is 4.90 Å². The molecule has 2 aliphatic heterocycles. The summed E-state index contributed by atoms with van der Waals surface area (Å²) in [6, 6.07) is 11.9. The number of rotatable bonds is 7. The molecule has 1 unspecified atom stereocenters. The highest BCUT2D eigenvalue weighted by atomic mass is 19.1. The Morgan fingerprint density at radius 3 is 2.42 bits per heavy atom. The highest BCUT2D eigenvalue weighted by molar-refractivity contribution is 6.50. The fraction of sp³-hybridized carbons (Fsp3) is 0.320. The molecule has 33 heavy (non-hydrogen) atoms. The third kappa shape index (κ3) is 3.33. The number of nitrogens with zero attached hydrogens (tertiary/aromatic N) is 2. The summed E-state index contributed by atoms with van der Waals surface area (Å²) >= 11 is 0. The summed E-state index contributed by atoms with van der Waals surface area (Å²) in [5, 5.41) is 11.2. The number of fused-ring (bicyclic) bond motifs is 2. The minimum absolute atomic E-state index is 0.0820. The van der Waals surface area contributed by atoms with Crippen LogP contribution in [0.3, 0.4) is 0 Å². The van der Waals surface area contributed by atoms with Crippen LogP contribution in [0.25, 0.3) is 5.76 Å². The topological polar surface area (TPSA) is 87.2 Å². The molecule has 2 aromatic carbocycles. The van der Waals surface area contributed by atoms with Gasteiger partial charge in [0.2, 0.25) is 0 Å². The molecule has 0 bridgehead atoms. The molecule has 2 amide bonds. The quantitative estimate of drug-likeness (QED) is 0.302. The number of likely N-dealkylation sites (tertiary alicyclic amines) is 1. The smallest absolute Gasteiger partial charge is 0.296 e. The molecule has 0 radical (unpaired) electrons. The van der Waals surface area contributed by atoms with Gasteiger partial charge in [0.1, 0.15) is 11.6 Å². The van der Waals surface area contributed by atoms with Gasteiger partial charge in [-0.3, -0.25) is 14.4 Å². The van der Waals surface area contributed by atoms with Crippen LogP contribution in [0.4, 0.5) is 10.1 Å². The number of anilines is 1. The average molecular weight is 452 g/mol. The number of benzene rings is 2. The largest absolute Gasteiger partial charge is 0.507 e. The van der Waals surface area contributed by atoms with Gasteiger partial charge in [-0.05, 0) is 43.2 Å². The van der Waals surface area contributed by atoms with Gasteiger partial charge in [-0.15, -0.1) is 0 Å². The van der Waals surface area contributed by atoms with Gasteiger partial charge < -0.3 is 19.6 Å². The molecular formula is C25H25FN2O5. The van der Waals surface area contributed by atoms with Crippen LogP contribution in [0.15, 0.2) is 54.1 Å². The van der Waals surface area contributed by atoms with Gasteiger partial charge in [-0.25, -0.2) is 4.39 Å². The van der Waals surface area contributed by atoms with Crippen LogP contribution in [0.1, 0.15) is 30.9 Å². The Morgan fingerprint density at radius 2 is 1.76 bits per heavy atom. The van der Waals surface area contributed by atoms with E-state index in [0.29, 0.717) is 37.2 Å². The summed E-state index contributed by atoms with van der Waals surface area (Å²) in [5.41, 5.74) is -0.902. The number of hydrogen-bond acceptors (Lipinski definition) is 5. The molecule has 1 saturated heterocycles. The van der Waals surface area contributed by atoms with E-state index in [4.69, 9.17) is 4.74 Å². The van der Waals surface area contributed by atoms with E-state index in [2.05, 4.69) is 0 Å². The Morgan fingerprint density at radius 1 is 1.06 bits per heavy atom. The molecule has 1 fully saturated rings. The summed E-state index contributed by atoms with van der Waals surface area (Å²) in [6.07, 6.45) is 1.05. The van der Waals surface area contributed by atoms with E-state index in [9.17, 15) is 23.9 Å². The predicted octanol–water partition coefficient (Wildman–Crippen LogP) is 3.19. The molecule has 1 atom stereocenters. The Kier molecular flexibility index (Phi) is 6.03. The Hall–Kier alpha value is -3.52. The van der Waals surface area contributed by atoms with Crippen LogP contribution >= 0.6 is 0 Å². The van der Waals surface area contributed by atoms with Gasteiger partial charge in [0.25, 0.3) is 17.6 Å². The van der Waals surface area contributed by atoms with Crippen molar-refractivity contribution in [3.05, 3.63) is 71.0 Å². The number of para-hydroxylation sites is 1. The van der Waals surface area contributed by atoms with Crippen LogP contribution in [0, 0.1) is 5.82 Å². The lowest BCUT2D eigenvalue weighted by Crippen LogP contribution is -2.52. The average Bonchev–Trinajstić information content (AvgIpc) is 3.19. The third-order valence-electron chi connectivity index (χ3n) is 6.10. The second-order valence-electron chi connectivity index (χ2n) is 8.05. The Labute approximate surface area is 191 Å². The zero-order valence-corrected chi connectivity index (χ0v) is 18.5. The minimum atomic E-state index is -1.80. The number of Topliss-reactive ketones (excluding diaryl/α,β-unsaturated/α-hetero) is 1. The number of hydrogen-bond donors (Lipinski definition) is 1. The van der Waals surface area contributed by atoms with Gasteiger partial charge in [0.05, 0.1) is 11.3 Å². The van der Waals surface area contributed by atoms with Crippen molar-refractivity contribution in [3.63, 3.8) is 0 Å². The minimum Gasteiger partial charge on any atom is -0.507 e. The summed E-state index contributed by atoms with van der Waals surface area (Å²) in [4.78, 5) is 43.4. The van der Waals surface area contributed by atoms with Crippen LogP contribution in [-0.4, -0.2) is 54.4 Å². The standard InChI is InChI=1S/C25H25FN2O5/c1-3-13-27-19-8-5-4-7-18(19)25(24(27)32)20(21(29)16-9-11-17(26)12-10-16)22(30)23(31)28(25)14-6-15-33-2/h4-5,7-12,29H,3,6,13-15H2,1-2H3/b21-20-. The van der Waals surface area contributed by atoms with Crippen molar-refractivity contribution < 1.29 is 28.6 Å². The van der Waals surface area contributed by atoms with Crippen molar-refractivity contribution >= 4 is 29.0 Å². The lowest BCUT2D eigenvalue weighted by Gasteiger charge is -2.34. The van der Waals surface area contributed by atoms with E-state index in [1.54, 1.807) is 29.2 Å². The molecule has 0 aliphatic carbocycles. The molecule has 0 aromatic heterocycles. The second-order valence-corrected chi connectivity index (χ2v) is 8.05. The normalized spacial score (nSPS) is 21.4. The first-order chi connectivity index (χ1) is 15.9. The number of ether oxygens (including phenoxy) is 1. The SMILES string of the molecule is CCCN1C(=O)C2(/C(=C(\O)c3ccc(F)cc3)C(=O)C(=O)N2CCCOC)c2ccccc21. The van der Waals surface area contributed by atoms with Crippen LogP contribution in [0.2, 0.25) is 0 Å². The lowest BCUT2D eigenvalue weighted by atomic mass is 9.82. The Balaban J connectivity index is 2.01. The highest BCUT2D eigenvalue weighted by Gasteiger charge is 2.66. The van der Waals surface area contributed by atoms with Crippen molar-refractivity contribution in [1.82, 2.24) is 4.90 Å². The first kappa shape index (κ1) is 22.7. The first-order valence-corrected chi connectivity index (χ1v) is 10.9. The number of ketones is 1. The van der Waals surface area contributed by atoms with E-state index in [1.807, 2.05) is 6.92 Å². The van der Waals surface area contributed by atoms with E-state index in [-0.39, 0.29) is 17.7 Å². The number of aliphatic hydroxyl groups excluding tert-OH is 1. The molecule has 1 N–H and O–H groups in total. The van der Waals surface area contributed by atoms with Gasteiger partial charge in [0.15, 0.2) is 5.54 Å². The van der Waals surface area contributed by atoms with Crippen molar-refractivity contribution in [2.45, 2.75) is 25.3 Å². The molecule has 0 saturated carbocycles. The fourth-order valence-electron chi connectivity index (χ4n) is 4.73. The summed E-state index contributed by atoms with van der Waals surface area (Å²) in [7, 11) is 1.53. The number of halogens is 1. The fourth-order valence-corrected chi connectivity index (χ4v) is 4.73. The monoisotopic (exact) mass is 452 g/mol. The first-order valence-electron chi connectivity index (χ1n) is 10.9. The third-order valence-corrected chi connectivity index (χ3v) is 6.10. The van der Waals surface area contributed by atoms with Crippen LogP contribution in [0.5, 0.6) is 0 Å². The molecule has 2 aliphatic rings. The van der Waals surface area contributed by atoms with Gasteiger partial charge >= 0.3 is 0 Å². The predicted molar refractivity (Wildman–Crippen MR) is 120 cm³/mol. The van der Waals surface area contributed by atoms with Crippen molar-refractivity contribution in [2.24, 2.45) is 0 Å². The van der Waals surface area contributed by atoms with Gasteiger partial charge in [-0.1, -0.05) is 25.1 Å². The summed E-state index contributed by atoms with van der Waals surface area (Å²) < 4.78 is 18.6. The van der Waals surface area contributed by atoms with E-state index < -0.39 is 34.7 Å². The summed E-state index contributed by atoms with van der Waals surface area (Å²) in [5.74, 6) is -3.31. The van der Waals surface area contributed by atoms with Crippen molar-refractivity contribution in [2.75, 3.05) is 31.7 Å². The molecule has 2 heterocycles. The molecule has 8 heteroatoms. The number of carbonyl (C=O) groups is 3. The number of carbonyl (C=O) groups excluding carboxylic acids is 3. The number of aliphatic hydroxyl groups is 1. The van der Waals surface area contributed by atoms with E-state index in [1.165, 1.54) is 24.1 Å². The van der Waals surface area contributed by atoms with Gasteiger partial charge in [-0.2, -0.15) is 0 Å². The zero-order chi connectivity index (χ0) is 23.8. The molecule has 7 nitrogen and oxygen atoms in total. The molecule has 1 spiro atoms.